The maximum atomic E-state index is 5.89. The van der Waals surface area contributed by atoms with E-state index in [9.17, 15) is 0 Å². The number of hydrogen-bond donors (Lipinski definition) is 2. The van der Waals surface area contributed by atoms with Crippen molar-refractivity contribution >= 4 is 29.7 Å². The highest BCUT2D eigenvalue weighted by molar-refractivity contribution is 6.30. The molecule has 0 bridgehead atoms. The van der Waals surface area contributed by atoms with Crippen molar-refractivity contribution in [1.82, 2.24) is 14.8 Å². The number of rotatable bonds is 3. The van der Waals surface area contributed by atoms with E-state index < -0.39 is 0 Å². The lowest BCUT2D eigenvalue weighted by Crippen LogP contribution is -2.11. The van der Waals surface area contributed by atoms with Gasteiger partial charge in [-0.05, 0) is 23.8 Å². The smallest absolute Gasteiger partial charge is 0.238 e. The van der Waals surface area contributed by atoms with Gasteiger partial charge in [0.15, 0.2) is 5.82 Å². The van der Waals surface area contributed by atoms with Crippen molar-refractivity contribution in [3.63, 3.8) is 0 Å². The number of nitrogens with zero attached hydrogens (tertiary/aromatic N) is 3. The first-order valence-electron chi connectivity index (χ1n) is 5.00. The number of aromatic nitrogens is 3. The molecule has 2 rings (SSSR count). The summed E-state index contributed by atoms with van der Waals surface area (Å²) in [4.78, 5) is 0. The van der Waals surface area contributed by atoms with Gasteiger partial charge < -0.3 is 0 Å². The lowest BCUT2D eigenvalue weighted by Gasteiger charge is -1.98. The van der Waals surface area contributed by atoms with E-state index in [1.807, 2.05) is 43.5 Å². The molecule has 0 fully saturated rings. The molecule has 0 aliphatic carbocycles. The molecule has 0 aliphatic rings. The van der Waals surface area contributed by atoms with Gasteiger partial charge in [-0.3, -0.25) is 9.99 Å². The lowest BCUT2D eigenvalue weighted by atomic mass is 10.2. The predicted molar refractivity (Wildman–Crippen MR) is 69.2 cm³/mol. The Bertz CT molecular complexity index is 547. The monoisotopic (exact) mass is 249 g/mol. The van der Waals surface area contributed by atoms with Gasteiger partial charge in [0, 0.05) is 12.1 Å². The zero-order chi connectivity index (χ0) is 12.3. The van der Waals surface area contributed by atoms with Crippen molar-refractivity contribution in [2.24, 2.45) is 12.9 Å². The summed E-state index contributed by atoms with van der Waals surface area (Å²) in [7, 11) is 1.83. The van der Waals surface area contributed by atoms with Gasteiger partial charge in [-0.1, -0.05) is 29.8 Å². The van der Waals surface area contributed by atoms with E-state index in [0.29, 0.717) is 16.8 Å². The summed E-state index contributed by atoms with van der Waals surface area (Å²) in [5.74, 6) is 6.49. The maximum absolute atomic E-state index is 5.89. The first kappa shape index (κ1) is 11.6. The van der Waals surface area contributed by atoms with Crippen LogP contribution in [0.25, 0.3) is 12.2 Å². The molecule has 17 heavy (non-hydrogen) atoms. The first-order chi connectivity index (χ1) is 8.20. The molecule has 0 unspecified atom stereocenters. The lowest BCUT2D eigenvalue weighted by molar-refractivity contribution is 0.895. The number of nitrogens with two attached hydrogens (primary N) is 1. The summed E-state index contributed by atoms with van der Waals surface area (Å²) in [6, 6.07) is 7.56. The van der Waals surface area contributed by atoms with E-state index in [4.69, 9.17) is 17.4 Å². The van der Waals surface area contributed by atoms with Crippen LogP contribution in [0.1, 0.15) is 11.4 Å². The number of hydrazine groups is 1. The second-order valence-corrected chi connectivity index (χ2v) is 3.91. The fourth-order valence-electron chi connectivity index (χ4n) is 1.39. The molecule has 1 aromatic heterocycles. The van der Waals surface area contributed by atoms with Gasteiger partial charge in [-0.25, -0.2) is 5.84 Å². The minimum atomic E-state index is 0.510. The summed E-state index contributed by atoms with van der Waals surface area (Å²) < 4.78 is 1.75. The molecule has 0 spiro atoms. The zero-order valence-corrected chi connectivity index (χ0v) is 10.0. The zero-order valence-electron chi connectivity index (χ0n) is 9.26. The van der Waals surface area contributed by atoms with Gasteiger partial charge in [0.25, 0.3) is 0 Å². The minimum Gasteiger partial charge on any atom is -0.296 e. The Balaban J connectivity index is 2.23. The fraction of sp³-hybridized carbons (Fsp3) is 0.0909. The second-order valence-electron chi connectivity index (χ2n) is 3.47. The summed E-state index contributed by atoms with van der Waals surface area (Å²) in [5, 5.41) is 8.54. The molecule has 0 radical (unpaired) electrons. The van der Waals surface area contributed by atoms with E-state index in [1.54, 1.807) is 4.57 Å². The summed E-state index contributed by atoms with van der Waals surface area (Å²) in [5.41, 5.74) is 3.46. The molecule has 0 saturated heterocycles. The second kappa shape index (κ2) is 4.99. The highest BCUT2D eigenvalue weighted by Crippen LogP contribution is 2.13. The Labute approximate surface area is 104 Å². The fourth-order valence-corrected chi connectivity index (χ4v) is 1.59. The van der Waals surface area contributed by atoms with E-state index in [0.717, 1.165) is 5.56 Å². The van der Waals surface area contributed by atoms with Crippen LogP contribution >= 0.6 is 11.6 Å². The number of benzene rings is 1. The molecule has 1 heterocycles. The third-order valence-electron chi connectivity index (χ3n) is 2.31. The van der Waals surface area contributed by atoms with Crippen molar-refractivity contribution < 1.29 is 0 Å². The van der Waals surface area contributed by atoms with Gasteiger partial charge in [0.05, 0.1) is 0 Å². The Morgan fingerprint density at radius 1 is 1.35 bits per heavy atom. The Morgan fingerprint density at radius 2 is 2.18 bits per heavy atom. The SMILES string of the molecule is Cn1c(/C=C/c2cccc(Cl)c2)nnc1NN. The van der Waals surface area contributed by atoms with Crippen LogP contribution in [0.4, 0.5) is 5.95 Å². The van der Waals surface area contributed by atoms with Crippen molar-refractivity contribution in [2.75, 3.05) is 5.43 Å². The van der Waals surface area contributed by atoms with E-state index in [2.05, 4.69) is 15.6 Å². The summed E-state index contributed by atoms with van der Waals surface area (Å²) in [6.07, 6.45) is 3.76. The molecule has 5 nitrogen and oxygen atoms in total. The predicted octanol–water partition coefficient (Wildman–Crippen LogP) is 1.92. The molecule has 0 saturated carbocycles. The number of halogens is 1. The molecule has 6 heteroatoms. The van der Waals surface area contributed by atoms with E-state index >= 15 is 0 Å². The molecule has 0 aliphatic heterocycles. The normalized spacial score (nSPS) is 11.0. The van der Waals surface area contributed by atoms with E-state index in [1.165, 1.54) is 0 Å². The van der Waals surface area contributed by atoms with Crippen LogP contribution in [0.2, 0.25) is 5.02 Å². The third-order valence-corrected chi connectivity index (χ3v) is 2.55. The van der Waals surface area contributed by atoms with Crippen molar-refractivity contribution in [1.29, 1.82) is 0 Å². The van der Waals surface area contributed by atoms with Gasteiger partial charge in [-0.2, -0.15) is 0 Å². The Hall–Kier alpha value is -1.85. The highest BCUT2D eigenvalue weighted by Gasteiger charge is 2.03. The molecular formula is C11H12ClN5. The molecule has 0 amide bonds. The van der Waals surface area contributed by atoms with Gasteiger partial charge in [-0.15, -0.1) is 10.2 Å². The first-order valence-corrected chi connectivity index (χ1v) is 5.38. The number of nitrogen functional groups attached to an aromatic ring is 1. The molecule has 0 atom stereocenters. The van der Waals surface area contributed by atoms with Crippen LogP contribution in [0.15, 0.2) is 24.3 Å². The van der Waals surface area contributed by atoms with Crippen LogP contribution < -0.4 is 11.3 Å². The largest absolute Gasteiger partial charge is 0.296 e. The molecule has 2 aromatic rings. The maximum Gasteiger partial charge on any atom is 0.238 e. The Morgan fingerprint density at radius 3 is 2.82 bits per heavy atom. The number of hydrogen-bond acceptors (Lipinski definition) is 4. The molecule has 1 aromatic carbocycles. The molecular weight excluding hydrogens is 238 g/mol. The van der Waals surface area contributed by atoms with Crippen molar-refractivity contribution in [2.45, 2.75) is 0 Å². The standard InChI is InChI=1S/C11H12ClN5/c1-17-10(15-16-11(17)14-13)6-5-8-3-2-4-9(12)7-8/h2-7H,13H2,1H3,(H,14,16)/b6-5+. The summed E-state index contributed by atoms with van der Waals surface area (Å²) >= 11 is 5.89. The van der Waals surface area contributed by atoms with Crippen LogP contribution in [0.5, 0.6) is 0 Å². The van der Waals surface area contributed by atoms with Crippen molar-refractivity contribution in [3.8, 4) is 0 Å². The van der Waals surface area contributed by atoms with Gasteiger partial charge in [0.1, 0.15) is 0 Å². The average Bonchev–Trinajstić information content (AvgIpc) is 2.67. The van der Waals surface area contributed by atoms with Crippen LogP contribution in [-0.2, 0) is 7.05 Å². The van der Waals surface area contributed by atoms with Crippen LogP contribution in [0, 0.1) is 0 Å². The van der Waals surface area contributed by atoms with Crippen LogP contribution in [-0.4, -0.2) is 14.8 Å². The van der Waals surface area contributed by atoms with E-state index in [-0.39, 0.29) is 0 Å². The summed E-state index contributed by atoms with van der Waals surface area (Å²) in [6.45, 7) is 0. The van der Waals surface area contributed by atoms with Crippen molar-refractivity contribution in [3.05, 3.63) is 40.7 Å². The quantitative estimate of drug-likeness (QED) is 0.644. The highest BCUT2D eigenvalue weighted by atomic mass is 35.5. The molecule has 88 valence electrons. The third kappa shape index (κ3) is 2.64. The average molecular weight is 250 g/mol. The number of anilines is 1. The van der Waals surface area contributed by atoms with Crippen LogP contribution in [0.3, 0.4) is 0 Å². The minimum absolute atomic E-state index is 0.510. The topological polar surface area (TPSA) is 68.8 Å². The van der Waals surface area contributed by atoms with Gasteiger partial charge >= 0.3 is 0 Å². The number of nitrogens with one attached hydrogen (secondary N) is 1. The Kier molecular flexibility index (Phi) is 3.41. The molecule has 3 N–H and O–H groups in total. The van der Waals surface area contributed by atoms with Gasteiger partial charge in [0.2, 0.25) is 5.95 Å².